The molecule has 2 rings (SSSR count). The van der Waals surface area contributed by atoms with Gasteiger partial charge >= 0.3 is 0 Å². The summed E-state index contributed by atoms with van der Waals surface area (Å²) in [4.78, 5) is 14.2. The van der Waals surface area contributed by atoms with Gasteiger partial charge in [-0.3, -0.25) is 4.79 Å². The van der Waals surface area contributed by atoms with Crippen molar-refractivity contribution in [1.82, 2.24) is 4.90 Å². The van der Waals surface area contributed by atoms with Gasteiger partial charge in [0.1, 0.15) is 0 Å². The summed E-state index contributed by atoms with van der Waals surface area (Å²) in [6, 6.07) is 8.00. The summed E-state index contributed by atoms with van der Waals surface area (Å²) in [6.07, 6.45) is 0.107. The number of aliphatic hydroxyl groups is 1. The molecule has 0 saturated carbocycles. The van der Waals surface area contributed by atoms with Crippen LogP contribution in [0.4, 0.5) is 0 Å². The number of nitrogens with zero attached hydrogens (tertiary/aromatic N) is 1. The molecule has 1 aliphatic rings. The summed E-state index contributed by atoms with van der Waals surface area (Å²) in [5.74, 6) is 0.0884. The van der Waals surface area contributed by atoms with Gasteiger partial charge in [0.15, 0.2) is 0 Å². The van der Waals surface area contributed by atoms with Crippen LogP contribution >= 0.6 is 0 Å². The maximum absolute atomic E-state index is 12.4. The lowest BCUT2D eigenvalue weighted by molar-refractivity contribution is -0.166. The number of aryl methyl sites for hydroxylation is 1. The SMILES string of the molecule is Cc1cccc(CC(=O)N2CC(CO)OC(C)(C)C2)c1. The number of hydrogen-bond donors (Lipinski definition) is 1. The molecule has 1 fully saturated rings. The standard InChI is InChI=1S/C16H23NO3/c1-12-5-4-6-13(7-12)8-15(19)17-9-14(10-18)20-16(2,3)11-17/h4-7,14,18H,8-11H2,1-3H3. The Hall–Kier alpha value is -1.39. The van der Waals surface area contributed by atoms with Gasteiger partial charge in [0.25, 0.3) is 0 Å². The van der Waals surface area contributed by atoms with Crippen LogP contribution in [-0.4, -0.2) is 47.3 Å². The van der Waals surface area contributed by atoms with Crippen LogP contribution in [-0.2, 0) is 16.0 Å². The van der Waals surface area contributed by atoms with Crippen LogP contribution in [0.25, 0.3) is 0 Å². The Labute approximate surface area is 120 Å². The van der Waals surface area contributed by atoms with Crippen molar-refractivity contribution < 1.29 is 14.6 Å². The van der Waals surface area contributed by atoms with Gasteiger partial charge in [0.05, 0.1) is 24.7 Å². The van der Waals surface area contributed by atoms with Crippen LogP contribution in [0, 0.1) is 6.92 Å². The molecule has 1 heterocycles. The Morgan fingerprint density at radius 2 is 2.25 bits per heavy atom. The summed E-state index contributed by atoms with van der Waals surface area (Å²) in [5.41, 5.74) is 1.78. The molecule has 0 bridgehead atoms. The minimum absolute atomic E-state index is 0.0579. The lowest BCUT2D eigenvalue weighted by Gasteiger charge is -2.42. The second kappa shape index (κ2) is 5.94. The molecule has 0 aliphatic carbocycles. The van der Waals surface area contributed by atoms with Crippen molar-refractivity contribution in [2.45, 2.75) is 38.9 Å². The zero-order valence-electron chi connectivity index (χ0n) is 12.4. The van der Waals surface area contributed by atoms with E-state index in [-0.39, 0.29) is 18.6 Å². The third-order valence-electron chi connectivity index (χ3n) is 3.48. The zero-order chi connectivity index (χ0) is 14.8. The summed E-state index contributed by atoms with van der Waals surface area (Å²) in [5, 5.41) is 9.29. The molecule has 1 aromatic carbocycles. The number of amides is 1. The van der Waals surface area contributed by atoms with Gasteiger partial charge in [-0.15, -0.1) is 0 Å². The van der Waals surface area contributed by atoms with Crippen molar-refractivity contribution in [3.8, 4) is 0 Å². The van der Waals surface area contributed by atoms with Crippen molar-refractivity contribution in [2.75, 3.05) is 19.7 Å². The Kier molecular flexibility index (Phi) is 4.45. The number of ether oxygens (including phenoxy) is 1. The average molecular weight is 277 g/mol. The van der Waals surface area contributed by atoms with Gasteiger partial charge in [-0.1, -0.05) is 29.8 Å². The highest BCUT2D eigenvalue weighted by atomic mass is 16.5. The highest BCUT2D eigenvalue weighted by Gasteiger charge is 2.35. The number of aliphatic hydroxyl groups excluding tert-OH is 1. The molecule has 1 aliphatic heterocycles. The molecule has 1 saturated heterocycles. The van der Waals surface area contributed by atoms with E-state index in [2.05, 4.69) is 0 Å². The van der Waals surface area contributed by atoms with E-state index in [1.54, 1.807) is 4.90 Å². The summed E-state index contributed by atoms with van der Waals surface area (Å²) in [7, 11) is 0. The molecule has 0 aromatic heterocycles. The van der Waals surface area contributed by atoms with E-state index in [0.717, 1.165) is 11.1 Å². The lowest BCUT2D eigenvalue weighted by atomic mass is 10.0. The zero-order valence-corrected chi connectivity index (χ0v) is 12.4. The maximum atomic E-state index is 12.4. The number of hydrogen-bond acceptors (Lipinski definition) is 3. The van der Waals surface area contributed by atoms with Crippen molar-refractivity contribution in [2.24, 2.45) is 0 Å². The predicted molar refractivity (Wildman–Crippen MR) is 77.5 cm³/mol. The number of morpholine rings is 1. The second-order valence-electron chi connectivity index (χ2n) is 6.12. The molecule has 1 atom stereocenters. The first-order valence-electron chi connectivity index (χ1n) is 7.01. The second-order valence-corrected chi connectivity index (χ2v) is 6.12. The molecule has 1 amide bonds. The van der Waals surface area contributed by atoms with Gasteiger partial charge in [0.2, 0.25) is 5.91 Å². The maximum Gasteiger partial charge on any atom is 0.227 e. The molecule has 20 heavy (non-hydrogen) atoms. The fourth-order valence-electron chi connectivity index (χ4n) is 2.69. The predicted octanol–water partition coefficient (Wildman–Crippen LogP) is 1.54. The van der Waals surface area contributed by atoms with E-state index < -0.39 is 5.60 Å². The summed E-state index contributed by atoms with van der Waals surface area (Å²) in [6.45, 7) is 6.88. The number of benzene rings is 1. The topological polar surface area (TPSA) is 49.8 Å². The molecular weight excluding hydrogens is 254 g/mol. The third kappa shape index (κ3) is 3.81. The largest absolute Gasteiger partial charge is 0.394 e. The van der Waals surface area contributed by atoms with Crippen LogP contribution < -0.4 is 0 Å². The van der Waals surface area contributed by atoms with Gasteiger partial charge in [-0.05, 0) is 26.3 Å². The van der Waals surface area contributed by atoms with Crippen molar-refractivity contribution in [3.05, 3.63) is 35.4 Å². The van der Waals surface area contributed by atoms with Gasteiger partial charge in [-0.25, -0.2) is 0 Å². The molecule has 4 heteroatoms. The van der Waals surface area contributed by atoms with Gasteiger partial charge < -0.3 is 14.7 Å². The minimum Gasteiger partial charge on any atom is -0.394 e. The van der Waals surface area contributed by atoms with Crippen LogP contribution in [0.1, 0.15) is 25.0 Å². The van der Waals surface area contributed by atoms with Crippen molar-refractivity contribution in [3.63, 3.8) is 0 Å². The first-order valence-corrected chi connectivity index (χ1v) is 7.01. The fourth-order valence-corrected chi connectivity index (χ4v) is 2.69. The summed E-state index contributed by atoms with van der Waals surface area (Å²) < 4.78 is 5.73. The molecule has 1 N–H and O–H groups in total. The summed E-state index contributed by atoms with van der Waals surface area (Å²) >= 11 is 0. The van der Waals surface area contributed by atoms with Gasteiger partial charge in [0, 0.05) is 13.1 Å². The first-order chi connectivity index (χ1) is 9.39. The fraction of sp³-hybridized carbons (Fsp3) is 0.562. The molecule has 0 spiro atoms. The van der Waals surface area contributed by atoms with Crippen LogP contribution in [0.5, 0.6) is 0 Å². The van der Waals surface area contributed by atoms with E-state index >= 15 is 0 Å². The monoisotopic (exact) mass is 277 g/mol. The van der Waals surface area contributed by atoms with Crippen molar-refractivity contribution >= 4 is 5.91 Å². The molecule has 0 radical (unpaired) electrons. The van der Waals surface area contributed by atoms with Crippen molar-refractivity contribution in [1.29, 1.82) is 0 Å². The number of carbonyl (C=O) groups is 1. The third-order valence-corrected chi connectivity index (χ3v) is 3.48. The minimum atomic E-state index is -0.409. The molecular formula is C16H23NO3. The average Bonchev–Trinajstić information content (AvgIpc) is 2.36. The van der Waals surface area contributed by atoms with Crippen LogP contribution in [0.2, 0.25) is 0 Å². The van der Waals surface area contributed by atoms with Crippen LogP contribution in [0.15, 0.2) is 24.3 Å². The Morgan fingerprint density at radius 1 is 1.50 bits per heavy atom. The van der Waals surface area contributed by atoms with E-state index in [1.807, 2.05) is 45.0 Å². The molecule has 110 valence electrons. The van der Waals surface area contributed by atoms with Crippen LogP contribution in [0.3, 0.4) is 0 Å². The van der Waals surface area contributed by atoms with E-state index in [9.17, 15) is 9.90 Å². The Morgan fingerprint density at radius 3 is 2.90 bits per heavy atom. The lowest BCUT2D eigenvalue weighted by Crippen LogP contribution is -2.55. The highest BCUT2D eigenvalue weighted by Crippen LogP contribution is 2.21. The number of carbonyl (C=O) groups excluding carboxylic acids is 1. The van der Waals surface area contributed by atoms with E-state index in [0.29, 0.717) is 19.5 Å². The van der Waals surface area contributed by atoms with Gasteiger partial charge in [-0.2, -0.15) is 0 Å². The Balaban J connectivity index is 2.04. The molecule has 1 aromatic rings. The number of rotatable bonds is 3. The van der Waals surface area contributed by atoms with E-state index in [4.69, 9.17) is 4.74 Å². The van der Waals surface area contributed by atoms with E-state index in [1.165, 1.54) is 0 Å². The molecule has 4 nitrogen and oxygen atoms in total. The normalized spacial score (nSPS) is 21.8. The quantitative estimate of drug-likeness (QED) is 0.911. The highest BCUT2D eigenvalue weighted by molar-refractivity contribution is 5.79. The smallest absolute Gasteiger partial charge is 0.227 e. The molecule has 1 unspecified atom stereocenters. The first kappa shape index (κ1) is 15.0. The Bertz CT molecular complexity index is 484.